The highest BCUT2D eigenvalue weighted by Gasteiger charge is 2.22. The van der Waals surface area contributed by atoms with Crippen molar-refractivity contribution in [2.75, 3.05) is 11.9 Å². The molecule has 0 aliphatic carbocycles. The van der Waals surface area contributed by atoms with Crippen LogP contribution >= 0.6 is 0 Å². The summed E-state index contributed by atoms with van der Waals surface area (Å²) in [6.45, 7) is 9.28. The molecule has 1 aromatic heterocycles. The molecule has 0 atom stereocenters. The van der Waals surface area contributed by atoms with Crippen LogP contribution in [-0.2, 0) is 0 Å². The molecule has 1 rings (SSSR count). The van der Waals surface area contributed by atoms with E-state index in [2.05, 4.69) is 43.0 Å². The van der Waals surface area contributed by atoms with E-state index in [9.17, 15) is 4.79 Å². The van der Waals surface area contributed by atoms with Crippen molar-refractivity contribution < 1.29 is 0 Å². The molecule has 0 amide bonds. The van der Waals surface area contributed by atoms with Crippen LogP contribution in [0.15, 0.2) is 10.9 Å². The average molecular weight is 234 g/mol. The van der Waals surface area contributed by atoms with Crippen LogP contribution in [0.1, 0.15) is 33.4 Å². The molecule has 5 heteroatoms. The first kappa shape index (κ1) is 13.2. The summed E-state index contributed by atoms with van der Waals surface area (Å²) in [7, 11) is 0. The summed E-state index contributed by atoms with van der Waals surface area (Å²) in [5.41, 5.74) is -0.194. The highest BCUT2D eigenvalue weighted by atomic mass is 16.1. The van der Waals surface area contributed by atoms with Crippen molar-refractivity contribution in [3.63, 3.8) is 0 Å². The first-order valence-corrected chi connectivity index (χ1v) is 5.60. The minimum atomic E-state index is -0.506. The van der Waals surface area contributed by atoms with E-state index >= 15 is 0 Å². The zero-order valence-electron chi connectivity index (χ0n) is 10.7. The molecule has 0 unspecified atom stereocenters. The van der Waals surface area contributed by atoms with Crippen molar-refractivity contribution in [3.8, 4) is 6.07 Å². The highest BCUT2D eigenvalue weighted by Crippen LogP contribution is 2.25. The maximum Gasteiger partial charge on any atom is 0.347 e. The summed E-state index contributed by atoms with van der Waals surface area (Å²) >= 11 is 0. The van der Waals surface area contributed by atoms with Gasteiger partial charge in [0.2, 0.25) is 0 Å². The standard InChI is InChI=1S/C12H18N4O/c1-8(2)12(3,4)7-14-10-5-9(6-13)15-11(17)16-10/h5,8H,7H2,1-4H3,(H2,14,15,16,17). The second kappa shape index (κ2) is 5.00. The Labute approximate surface area is 101 Å². The normalized spacial score (nSPS) is 11.3. The third-order valence-electron chi connectivity index (χ3n) is 3.15. The lowest BCUT2D eigenvalue weighted by Crippen LogP contribution is -2.29. The van der Waals surface area contributed by atoms with Gasteiger partial charge in [-0.3, -0.25) is 4.98 Å². The maximum atomic E-state index is 11.2. The number of hydrogen-bond acceptors (Lipinski definition) is 4. The number of nitrogens with zero attached hydrogens (tertiary/aromatic N) is 2. The zero-order chi connectivity index (χ0) is 13.1. The molecule has 1 aromatic rings. The van der Waals surface area contributed by atoms with Crippen LogP contribution in [0, 0.1) is 22.7 Å². The predicted molar refractivity (Wildman–Crippen MR) is 66.7 cm³/mol. The monoisotopic (exact) mass is 234 g/mol. The lowest BCUT2D eigenvalue weighted by molar-refractivity contribution is 0.269. The van der Waals surface area contributed by atoms with Gasteiger partial charge in [-0.05, 0) is 11.3 Å². The lowest BCUT2D eigenvalue weighted by atomic mass is 9.81. The van der Waals surface area contributed by atoms with E-state index in [0.717, 1.165) is 0 Å². The van der Waals surface area contributed by atoms with Crippen LogP contribution in [0.5, 0.6) is 0 Å². The second-order valence-electron chi connectivity index (χ2n) is 5.09. The Morgan fingerprint density at radius 3 is 2.76 bits per heavy atom. The van der Waals surface area contributed by atoms with Gasteiger partial charge in [0.05, 0.1) is 0 Å². The molecule has 0 bridgehead atoms. The van der Waals surface area contributed by atoms with E-state index in [1.54, 1.807) is 0 Å². The minimum absolute atomic E-state index is 0.0943. The van der Waals surface area contributed by atoms with Gasteiger partial charge in [-0.1, -0.05) is 27.7 Å². The van der Waals surface area contributed by atoms with Crippen molar-refractivity contribution in [1.82, 2.24) is 9.97 Å². The summed E-state index contributed by atoms with van der Waals surface area (Å²) < 4.78 is 0. The van der Waals surface area contributed by atoms with Gasteiger partial charge in [0.15, 0.2) is 0 Å². The predicted octanol–water partition coefficient (Wildman–Crippen LogP) is 1.74. The smallest absolute Gasteiger partial charge is 0.347 e. The van der Waals surface area contributed by atoms with Gasteiger partial charge in [0.25, 0.3) is 0 Å². The van der Waals surface area contributed by atoms with Crippen LogP contribution in [0.4, 0.5) is 5.82 Å². The Morgan fingerprint density at radius 1 is 1.59 bits per heavy atom. The van der Waals surface area contributed by atoms with E-state index < -0.39 is 5.69 Å². The number of anilines is 1. The van der Waals surface area contributed by atoms with Crippen molar-refractivity contribution >= 4 is 5.82 Å². The van der Waals surface area contributed by atoms with Crippen molar-refractivity contribution in [2.45, 2.75) is 27.7 Å². The van der Waals surface area contributed by atoms with Crippen LogP contribution in [0.3, 0.4) is 0 Å². The zero-order valence-corrected chi connectivity index (χ0v) is 10.7. The molecule has 5 nitrogen and oxygen atoms in total. The topological polar surface area (TPSA) is 81.6 Å². The van der Waals surface area contributed by atoms with E-state index in [0.29, 0.717) is 18.3 Å². The summed E-state index contributed by atoms with van der Waals surface area (Å²) in [4.78, 5) is 17.3. The Kier molecular flexibility index (Phi) is 3.89. The van der Waals surface area contributed by atoms with Gasteiger partial charge in [0.1, 0.15) is 17.6 Å². The summed E-state index contributed by atoms with van der Waals surface area (Å²) in [5.74, 6) is 0.950. The molecule has 17 heavy (non-hydrogen) atoms. The first-order valence-electron chi connectivity index (χ1n) is 5.60. The van der Waals surface area contributed by atoms with Crippen molar-refractivity contribution in [1.29, 1.82) is 5.26 Å². The fourth-order valence-electron chi connectivity index (χ4n) is 1.13. The highest BCUT2D eigenvalue weighted by molar-refractivity contribution is 5.38. The Morgan fingerprint density at radius 2 is 2.24 bits per heavy atom. The molecule has 0 saturated heterocycles. The SMILES string of the molecule is CC(C)C(C)(C)CNc1cc(C#N)[nH]c(=O)n1. The van der Waals surface area contributed by atoms with Gasteiger partial charge in [-0.15, -0.1) is 0 Å². The number of nitrogens with one attached hydrogen (secondary N) is 2. The summed E-state index contributed by atoms with van der Waals surface area (Å²) in [5, 5.41) is 11.8. The Bertz CT molecular complexity index is 482. The minimum Gasteiger partial charge on any atom is -0.369 e. The molecular formula is C12H18N4O. The first-order chi connectivity index (χ1) is 7.85. The molecule has 0 fully saturated rings. The number of nitriles is 1. The number of H-pyrrole nitrogens is 1. The molecule has 0 aromatic carbocycles. The molecule has 0 spiro atoms. The van der Waals surface area contributed by atoms with Crippen LogP contribution < -0.4 is 11.0 Å². The summed E-state index contributed by atoms with van der Waals surface area (Å²) in [6.07, 6.45) is 0. The number of rotatable bonds is 4. The molecule has 92 valence electrons. The number of aromatic amines is 1. The fourth-order valence-corrected chi connectivity index (χ4v) is 1.13. The summed E-state index contributed by atoms with van der Waals surface area (Å²) in [6, 6.07) is 3.43. The van der Waals surface area contributed by atoms with Crippen molar-refractivity contribution in [3.05, 3.63) is 22.2 Å². The molecule has 0 saturated carbocycles. The van der Waals surface area contributed by atoms with Crippen molar-refractivity contribution in [2.24, 2.45) is 11.3 Å². The van der Waals surface area contributed by atoms with E-state index in [1.165, 1.54) is 6.07 Å². The van der Waals surface area contributed by atoms with Gasteiger partial charge in [0, 0.05) is 12.6 Å². The molecule has 2 N–H and O–H groups in total. The van der Waals surface area contributed by atoms with E-state index in [1.807, 2.05) is 6.07 Å². The third-order valence-corrected chi connectivity index (χ3v) is 3.15. The van der Waals surface area contributed by atoms with Gasteiger partial charge < -0.3 is 5.32 Å². The quantitative estimate of drug-likeness (QED) is 0.831. The molecule has 1 heterocycles. The van der Waals surface area contributed by atoms with E-state index in [-0.39, 0.29) is 11.1 Å². The van der Waals surface area contributed by atoms with Crippen LogP contribution in [0.25, 0.3) is 0 Å². The maximum absolute atomic E-state index is 11.2. The molecular weight excluding hydrogens is 216 g/mol. The van der Waals surface area contributed by atoms with Crippen LogP contribution in [-0.4, -0.2) is 16.5 Å². The molecule has 0 radical (unpaired) electrons. The third kappa shape index (κ3) is 3.59. The molecule has 0 aliphatic rings. The lowest BCUT2D eigenvalue weighted by Gasteiger charge is -2.29. The largest absolute Gasteiger partial charge is 0.369 e. The number of aromatic nitrogens is 2. The van der Waals surface area contributed by atoms with Gasteiger partial charge in [-0.25, -0.2) is 4.79 Å². The fraction of sp³-hybridized carbons (Fsp3) is 0.583. The Hall–Kier alpha value is -1.83. The average Bonchev–Trinajstić information content (AvgIpc) is 2.25. The molecule has 0 aliphatic heterocycles. The van der Waals surface area contributed by atoms with Crippen LogP contribution in [0.2, 0.25) is 0 Å². The second-order valence-corrected chi connectivity index (χ2v) is 5.09. The van der Waals surface area contributed by atoms with Gasteiger partial charge >= 0.3 is 5.69 Å². The Balaban J connectivity index is 2.80. The number of hydrogen-bond donors (Lipinski definition) is 2. The van der Waals surface area contributed by atoms with Gasteiger partial charge in [-0.2, -0.15) is 10.2 Å². The van der Waals surface area contributed by atoms with E-state index in [4.69, 9.17) is 5.26 Å².